The molecular formula is C18H23N. The lowest BCUT2D eigenvalue weighted by molar-refractivity contribution is 1.14. The van der Waals surface area contributed by atoms with Crippen molar-refractivity contribution in [3.05, 3.63) is 52.1 Å². The average molecular weight is 253 g/mol. The summed E-state index contributed by atoms with van der Waals surface area (Å²) in [4.78, 5) is 0. The van der Waals surface area contributed by atoms with Gasteiger partial charge in [0, 0.05) is 5.69 Å². The molecule has 0 spiro atoms. The number of hydrogen-bond acceptors (Lipinski definition) is 1. The number of aryl methyl sites for hydroxylation is 3. The van der Waals surface area contributed by atoms with Crippen LogP contribution in [0.2, 0.25) is 0 Å². The molecule has 19 heavy (non-hydrogen) atoms. The minimum Gasteiger partial charge on any atom is -0.399 e. The van der Waals surface area contributed by atoms with Crippen molar-refractivity contribution in [2.75, 3.05) is 5.73 Å². The zero-order chi connectivity index (χ0) is 14.2. The van der Waals surface area contributed by atoms with E-state index in [2.05, 4.69) is 52.8 Å². The first kappa shape index (κ1) is 13.7. The zero-order valence-electron chi connectivity index (χ0n) is 12.6. The average Bonchev–Trinajstić information content (AvgIpc) is 2.38. The van der Waals surface area contributed by atoms with Crippen molar-refractivity contribution >= 4 is 5.69 Å². The summed E-state index contributed by atoms with van der Waals surface area (Å²) < 4.78 is 0. The first-order valence-electron chi connectivity index (χ1n) is 6.91. The zero-order valence-corrected chi connectivity index (χ0v) is 12.6. The SMILES string of the molecule is CCc1cc(-c2c(C)c(C)cc(C)c2C)ccc1N. The summed E-state index contributed by atoms with van der Waals surface area (Å²) in [6, 6.07) is 8.68. The fourth-order valence-corrected chi connectivity index (χ4v) is 2.72. The van der Waals surface area contributed by atoms with Crippen molar-refractivity contribution in [1.82, 2.24) is 0 Å². The van der Waals surface area contributed by atoms with E-state index in [-0.39, 0.29) is 0 Å². The molecule has 0 saturated carbocycles. The molecule has 0 aromatic heterocycles. The first-order chi connectivity index (χ1) is 8.95. The molecule has 2 aromatic rings. The smallest absolute Gasteiger partial charge is 0.0346 e. The van der Waals surface area contributed by atoms with Crippen LogP contribution in [0.5, 0.6) is 0 Å². The van der Waals surface area contributed by atoms with Crippen LogP contribution in [0.15, 0.2) is 24.3 Å². The normalized spacial score (nSPS) is 10.8. The van der Waals surface area contributed by atoms with Crippen LogP contribution in [0.25, 0.3) is 11.1 Å². The van der Waals surface area contributed by atoms with Gasteiger partial charge in [0.25, 0.3) is 0 Å². The number of nitrogen functional groups attached to an aromatic ring is 1. The minimum absolute atomic E-state index is 0.894. The van der Waals surface area contributed by atoms with Crippen molar-refractivity contribution in [1.29, 1.82) is 0 Å². The summed E-state index contributed by atoms with van der Waals surface area (Å²) in [5.74, 6) is 0. The Bertz CT molecular complexity index is 598. The lowest BCUT2D eigenvalue weighted by atomic mass is 9.88. The predicted molar refractivity (Wildman–Crippen MR) is 84.6 cm³/mol. The van der Waals surface area contributed by atoms with Crippen molar-refractivity contribution < 1.29 is 0 Å². The largest absolute Gasteiger partial charge is 0.399 e. The second kappa shape index (κ2) is 5.08. The molecule has 2 aromatic carbocycles. The van der Waals surface area contributed by atoms with Crippen molar-refractivity contribution in [3.63, 3.8) is 0 Å². The van der Waals surface area contributed by atoms with Gasteiger partial charge in [-0.2, -0.15) is 0 Å². The van der Waals surface area contributed by atoms with E-state index in [9.17, 15) is 0 Å². The van der Waals surface area contributed by atoms with Gasteiger partial charge in [-0.1, -0.05) is 19.1 Å². The van der Waals surface area contributed by atoms with E-state index >= 15 is 0 Å². The Morgan fingerprint density at radius 1 is 0.895 bits per heavy atom. The molecule has 0 aliphatic carbocycles. The van der Waals surface area contributed by atoms with Gasteiger partial charge in [0.1, 0.15) is 0 Å². The third-order valence-corrected chi connectivity index (χ3v) is 4.18. The summed E-state index contributed by atoms with van der Waals surface area (Å²) in [5, 5.41) is 0. The highest BCUT2D eigenvalue weighted by Crippen LogP contribution is 2.33. The molecule has 2 rings (SSSR count). The number of anilines is 1. The van der Waals surface area contributed by atoms with Gasteiger partial charge in [0.2, 0.25) is 0 Å². The third-order valence-electron chi connectivity index (χ3n) is 4.18. The Morgan fingerprint density at radius 3 is 2.00 bits per heavy atom. The number of rotatable bonds is 2. The quantitative estimate of drug-likeness (QED) is 0.769. The Labute approximate surface area is 116 Å². The van der Waals surface area contributed by atoms with Crippen molar-refractivity contribution in [2.24, 2.45) is 0 Å². The molecule has 0 radical (unpaired) electrons. The van der Waals surface area contributed by atoms with Gasteiger partial charge in [0.05, 0.1) is 0 Å². The molecule has 0 atom stereocenters. The van der Waals surface area contributed by atoms with E-state index < -0.39 is 0 Å². The second-order valence-corrected chi connectivity index (χ2v) is 5.40. The Balaban J connectivity index is 2.72. The lowest BCUT2D eigenvalue weighted by Crippen LogP contribution is -1.98. The van der Waals surface area contributed by atoms with Crippen molar-refractivity contribution in [2.45, 2.75) is 41.0 Å². The third kappa shape index (κ3) is 2.37. The van der Waals surface area contributed by atoms with Crippen LogP contribution in [-0.2, 0) is 6.42 Å². The molecule has 2 N–H and O–H groups in total. The van der Waals surface area contributed by atoms with Gasteiger partial charge < -0.3 is 5.73 Å². The van der Waals surface area contributed by atoms with Crippen LogP contribution in [-0.4, -0.2) is 0 Å². The van der Waals surface area contributed by atoms with Gasteiger partial charge >= 0.3 is 0 Å². The Kier molecular flexibility index (Phi) is 3.66. The van der Waals surface area contributed by atoms with E-state index in [4.69, 9.17) is 5.73 Å². The van der Waals surface area contributed by atoms with Crippen LogP contribution in [0.1, 0.15) is 34.7 Å². The topological polar surface area (TPSA) is 26.0 Å². The molecule has 0 heterocycles. The van der Waals surface area contributed by atoms with E-state index in [0.29, 0.717) is 0 Å². The second-order valence-electron chi connectivity index (χ2n) is 5.40. The number of nitrogens with two attached hydrogens (primary N) is 1. The number of benzene rings is 2. The monoisotopic (exact) mass is 253 g/mol. The van der Waals surface area contributed by atoms with Crippen LogP contribution in [0.3, 0.4) is 0 Å². The van der Waals surface area contributed by atoms with Crippen LogP contribution in [0, 0.1) is 27.7 Å². The Hall–Kier alpha value is -1.76. The van der Waals surface area contributed by atoms with Gasteiger partial charge in [-0.3, -0.25) is 0 Å². The highest BCUT2D eigenvalue weighted by molar-refractivity contribution is 5.75. The van der Waals surface area contributed by atoms with Crippen LogP contribution >= 0.6 is 0 Å². The predicted octanol–water partition coefficient (Wildman–Crippen LogP) is 4.73. The fourth-order valence-electron chi connectivity index (χ4n) is 2.72. The summed E-state index contributed by atoms with van der Waals surface area (Å²) >= 11 is 0. The van der Waals surface area contributed by atoms with E-state index in [1.165, 1.54) is 38.9 Å². The van der Waals surface area contributed by atoms with Crippen LogP contribution < -0.4 is 5.73 Å². The van der Waals surface area contributed by atoms with Gasteiger partial charge in [-0.05, 0) is 85.2 Å². The molecule has 0 saturated heterocycles. The van der Waals surface area contributed by atoms with E-state index in [1.54, 1.807) is 0 Å². The molecule has 0 aliphatic rings. The summed E-state index contributed by atoms with van der Waals surface area (Å²) in [6.45, 7) is 10.9. The molecule has 0 unspecified atom stereocenters. The highest BCUT2D eigenvalue weighted by atomic mass is 14.6. The van der Waals surface area contributed by atoms with E-state index in [0.717, 1.165) is 12.1 Å². The molecule has 100 valence electrons. The standard InChI is InChI=1S/C18H23N/c1-6-15-10-16(7-8-17(15)19)18-13(4)11(2)9-12(3)14(18)5/h7-10H,6,19H2,1-5H3. The molecule has 0 bridgehead atoms. The summed E-state index contributed by atoms with van der Waals surface area (Å²) in [7, 11) is 0. The van der Waals surface area contributed by atoms with Crippen molar-refractivity contribution in [3.8, 4) is 11.1 Å². The highest BCUT2D eigenvalue weighted by Gasteiger charge is 2.11. The fraction of sp³-hybridized carbons (Fsp3) is 0.333. The summed E-state index contributed by atoms with van der Waals surface area (Å²) in [6.07, 6.45) is 0.975. The molecule has 1 nitrogen and oxygen atoms in total. The van der Waals surface area contributed by atoms with Gasteiger partial charge in [-0.25, -0.2) is 0 Å². The van der Waals surface area contributed by atoms with Gasteiger partial charge in [-0.15, -0.1) is 0 Å². The molecule has 0 amide bonds. The Morgan fingerprint density at radius 2 is 1.47 bits per heavy atom. The minimum atomic E-state index is 0.894. The maximum absolute atomic E-state index is 6.01. The molecule has 0 aliphatic heterocycles. The van der Waals surface area contributed by atoms with Crippen LogP contribution in [0.4, 0.5) is 5.69 Å². The number of hydrogen-bond donors (Lipinski definition) is 1. The molecule has 0 fully saturated rings. The summed E-state index contributed by atoms with van der Waals surface area (Å²) in [5.41, 5.74) is 16.2. The molecular weight excluding hydrogens is 230 g/mol. The maximum atomic E-state index is 6.01. The molecule has 1 heteroatoms. The van der Waals surface area contributed by atoms with E-state index in [1.807, 2.05) is 6.07 Å². The lowest BCUT2D eigenvalue weighted by Gasteiger charge is -2.17. The van der Waals surface area contributed by atoms with Gasteiger partial charge in [0.15, 0.2) is 0 Å². The first-order valence-corrected chi connectivity index (χ1v) is 6.91. The maximum Gasteiger partial charge on any atom is 0.0346 e.